The number of benzene rings is 2. The van der Waals surface area contributed by atoms with E-state index in [0.717, 1.165) is 16.8 Å². The van der Waals surface area contributed by atoms with Crippen molar-refractivity contribution in [3.05, 3.63) is 78.6 Å². The van der Waals surface area contributed by atoms with E-state index in [-0.39, 0.29) is 5.69 Å². The number of hydrogen-bond donors (Lipinski definition) is 1. The molecule has 0 radical (unpaired) electrons. The Morgan fingerprint density at radius 1 is 0.850 bits per heavy atom. The third-order valence-corrected chi connectivity index (χ3v) is 3.22. The fourth-order valence-corrected chi connectivity index (χ4v) is 2.31. The van der Waals surface area contributed by atoms with Gasteiger partial charge in [0.05, 0.1) is 5.69 Å². The molecule has 0 bridgehead atoms. The molecule has 0 spiro atoms. The molecule has 0 aliphatic carbocycles. The third kappa shape index (κ3) is 2.10. The molecule has 0 saturated heterocycles. The molecule has 3 rings (SSSR count). The maximum Gasteiger partial charge on any atom is 0.352 e. The first-order chi connectivity index (χ1) is 9.77. The van der Waals surface area contributed by atoms with E-state index < -0.39 is 5.97 Å². The Morgan fingerprint density at radius 3 is 2.30 bits per heavy atom. The molecule has 0 amide bonds. The minimum absolute atomic E-state index is 0.258. The lowest BCUT2D eigenvalue weighted by molar-refractivity contribution is 0.0688. The maximum absolute atomic E-state index is 11.3. The summed E-state index contributed by atoms with van der Waals surface area (Å²) in [6.07, 6.45) is 1.77. The Labute approximate surface area is 116 Å². The van der Waals surface area contributed by atoms with Gasteiger partial charge in [0.1, 0.15) is 5.69 Å². The zero-order valence-corrected chi connectivity index (χ0v) is 10.7. The molecule has 20 heavy (non-hydrogen) atoms. The zero-order chi connectivity index (χ0) is 13.9. The van der Waals surface area contributed by atoms with Gasteiger partial charge in [-0.25, -0.2) is 4.79 Å². The number of nitrogens with zero attached hydrogens (tertiary/aromatic N) is 1. The normalized spacial score (nSPS) is 10.4. The number of rotatable bonds is 3. The van der Waals surface area contributed by atoms with Gasteiger partial charge in [-0.1, -0.05) is 48.5 Å². The molecule has 1 aromatic heterocycles. The van der Waals surface area contributed by atoms with Crippen LogP contribution in [0, 0.1) is 0 Å². The molecule has 0 fully saturated rings. The van der Waals surface area contributed by atoms with Gasteiger partial charge in [0.25, 0.3) is 0 Å². The minimum atomic E-state index is -0.933. The Kier molecular flexibility index (Phi) is 3.09. The zero-order valence-electron chi connectivity index (χ0n) is 10.7. The summed E-state index contributed by atoms with van der Waals surface area (Å²) < 4.78 is 1.70. The molecule has 0 aliphatic heterocycles. The summed E-state index contributed by atoms with van der Waals surface area (Å²) in [5, 5.41) is 9.26. The highest BCUT2D eigenvalue weighted by Gasteiger charge is 2.13. The Hall–Kier alpha value is -2.81. The standard InChI is InChI=1S/C17H13NO2/c19-17(20)16-11-6-12-18(16)15-10-5-4-9-14(15)13-7-2-1-3-8-13/h1-12H,(H,19,20). The van der Waals surface area contributed by atoms with Crippen molar-refractivity contribution < 1.29 is 9.90 Å². The lowest BCUT2D eigenvalue weighted by Gasteiger charge is -2.12. The Bertz CT molecular complexity index is 744. The summed E-state index contributed by atoms with van der Waals surface area (Å²) in [4.78, 5) is 11.3. The number of aromatic nitrogens is 1. The van der Waals surface area contributed by atoms with E-state index >= 15 is 0 Å². The summed E-state index contributed by atoms with van der Waals surface area (Å²) in [6, 6.07) is 21.1. The summed E-state index contributed by atoms with van der Waals surface area (Å²) in [7, 11) is 0. The van der Waals surface area contributed by atoms with Crippen molar-refractivity contribution in [1.82, 2.24) is 4.57 Å². The van der Waals surface area contributed by atoms with Crippen LogP contribution in [-0.2, 0) is 0 Å². The fraction of sp³-hybridized carbons (Fsp3) is 0. The van der Waals surface area contributed by atoms with Crippen LogP contribution < -0.4 is 0 Å². The topological polar surface area (TPSA) is 42.2 Å². The van der Waals surface area contributed by atoms with Crippen LogP contribution >= 0.6 is 0 Å². The highest BCUT2D eigenvalue weighted by molar-refractivity contribution is 5.87. The summed E-state index contributed by atoms with van der Waals surface area (Å²) in [5.74, 6) is -0.933. The van der Waals surface area contributed by atoms with Crippen LogP contribution in [-0.4, -0.2) is 15.6 Å². The van der Waals surface area contributed by atoms with Gasteiger partial charge in [-0.15, -0.1) is 0 Å². The SMILES string of the molecule is O=C(O)c1cccn1-c1ccccc1-c1ccccc1. The highest BCUT2D eigenvalue weighted by atomic mass is 16.4. The first kappa shape index (κ1) is 12.2. The molecule has 3 heteroatoms. The summed E-state index contributed by atoms with van der Waals surface area (Å²) in [6.45, 7) is 0. The second-order valence-electron chi connectivity index (χ2n) is 4.45. The molecule has 98 valence electrons. The van der Waals surface area contributed by atoms with Crippen LogP contribution in [0.4, 0.5) is 0 Å². The summed E-state index contributed by atoms with van der Waals surface area (Å²) in [5.41, 5.74) is 3.19. The number of carbonyl (C=O) groups is 1. The number of aromatic carboxylic acids is 1. The second-order valence-corrected chi connectivity index (χ2v) is 4.45. The molecule has 1 N–H and O–H groups in total. The summed E-state index contributed by atoms with van der Waals surface area (Å²) >= 11 is 0. The van der Waals surface area contributed by atoms with Crippen LogP contribution in [0.25, 0.3) is 16.8 Å². The van der Waals surface area contributed by atoms with Gasteiger partial charge < -0.3 is 9.67 Å². The van der Waals surface area contributed by atoms with Crippen LogP contribution in [0.3, 0.4) is 0 Å². The van der Waals surface area contributed by atoms with Gasteiger partial charge in [0.15, 0.2) is 0 Å². The minimum Gasteiger partial charge on any atom is -0.477 e. The van der Waals surface area contributed by atoms with E-state index in [1.807, 2.05) is 54.6 Å². The van der Waals surface area contributed by atoms with Gasteiger partial charge in [-0.2, -0.15) is 0 Å². The number of carboxylic acids is 1. The van der Waals surface area contributed by atoms with Crippen molar-refractivity contribution in [3.8, 4) is 16.8 Å². The van der Waals surface area contributed by atoms with Crippen molar-refractivity contribution in [3.63, 3.8) is 0 Å². The molecule has 3 nitrogen and oxygen atoms in total. The lowest BCUT2D eigenvalue weighted by Crippen LogP contribution is -2.06. The van der Waals surface area contributed by atoms with Gasteiger partial charge in [-0.05, 0) is 23.8 Å². The molecule has 1 heterocycles. The van der Waals surface area contributed by atoms with Gasteiger partial charge in [0, 0.05) is 11.8 Å². The third-order valence-electron chi connectivity index (χ3n) is 3.22. The monoisotopic (exact) mass is 263 g/mol. The Morgan fingerprint density at radius 2 is 1.55 bits per heavy atom. The molecule has 0 aliphatic rings. The first-order valence-electron chi connectivity index (χ1n) is 6.33. The number of carboxylic acid groups (broad SMARTS) is 1. The lowest BCUT2D eigenvalue weighted by atomic mass is 10.0. The smallest absolute Gasteiger partial charge is 0.352 e. The number of para-hydroxylation sites is 1. The van der Waals surface area contributed by atoms with Gasteiger partial charge in [0.2, 0.25) is 0 Å². The first-order valence-corrected chi connectivity index (χ1v) is 6.33. The van der Waals surface area contributed by atoms with Gasteiger partial charge >= 0.3 is 5.97 Å². The number of hydrogen-bond acceptors (Lipinski definition) is 1. The largest absolute Gasteiger partial charge is 0.477 e. The second kappa shape index (κ2) is 5.05. The van der Waals surface area contributed by atoms with Crippen molar-refractivity contribution in [2.45, 2.75) is 0 Å². The molecule has 0 saturated carbocycles. The average molecular weight is 263 g/mol. The van der Waals surface area contributed by atoms with Crippen molar-refractivity contribution in [2.75, 3.05) is 0 Å². The maximum atomic E-state index is 11.3. The highest BCUT2D eigenvalue weighted by Crippen LogP contribution is 2.27. The van der Waals surface area contributed by atoms with E-state index in [4.69, 9.17) is 0 Å². The van der Waals surface area contributed by atoms with Crippen LogP contribution in [0.2, 0.25) is 0 Å². The van der Waals surface area contributed by atoms with Crippen molar-refractivity contribution >= 4 is 5.97 Å². The Balaban J connectivity index is 2.21. The predicted octanol–water partition coefficient (Wildman–Crippen LogP) is 3.84. The molecule has 0 atom stereocenters. The average Bonchev–Trinajstić information content (AvgIpc) is 2.98. The van der Waals surface area contributed by atoms with E-state index in [9.17, 15) is 9.90 Å². The van der Waals surface area contributed by atoms with Crippen LogP contribution in [0.1, 0.15) is 10.5 Å². The molecule has 2 aromatic carbocycles. The van der Waals surface area contributed by atoms with Crippen LogP contribution in [0.15, 0.2) is 72.9 Å². The van der Waals surface area contributed by atoms with E-state index in [0.29, 0.717) is 0 Å². The van der Waals surface area contributed by atoms with Crippen molar-refractivity contribution in [1.29, 1.82) is 0 Å². The molecule has 0 unspecified atom stereocenters. The van der Waals surface area contributed by atoms with E-state index in [2.05, 4.69) is 0 Å². The fourth-order valence-electron chi connectivity index (χ4n) is 2.31. The predicted molar refractivity (Wildman–Crippen MR) is 78.2 cm³/mol. The van der Waals surface area contributed by atoms with Crippen molar-refractivity contribution in [2.24, 2.45) is 0 Å². The van der Waals surface area contributed by atoms with Crippen LogP contribution in [0.5, 0.6) is 0 Å². The molecule has 3 aromatic rings. The molecular weight excluding hydrogens is 250 g/mol. The van der Waals surface area contributed by atoms with E-state index in [1.54, 1.807) is 22.9 Å². The quantitative estimate of drug-likeness (QED) is 0.780. The van der Waals surface area contributed by atoms with E-state index in [1.165, 1.54) is 0 Å². The van der Waals surface area contributed by atoms with Gasteiger partial charge in [-0.3, -0.25) is 0 Å². The molecular formula is C17H13NO2.